The van der Waals surface area contributed by atoms with Crippen LogP contribution in [0.3, 0.4) is 0 Å². The van der Waals surface area contributed by atoms with Crippen molar-refractivity contribution in [3.8, 4) is 0 Å². The largest absolute Gasteiger partial charge is 0.328 e. The molecule has 0 radical (unpaired) electrons. The molecule has 0 unspecified atom stereocenters. The van der Waals surface area contributed by atoms with Gasteiger partial charge in [-0.05, 0) is 67.5 Å². The van der Waals surface area contributed by atoms with Gasteiger partial charge in [0.15, 0.2) is 0 Å². The summed E-state index contributed by atoms with van der Waals surface area (Å²) in [4.78, 5) is 14.3. The van der Waals surface area contributed by atoms with Crippen LogP contribution in [0.5, 0.6) is 0 Å². The molecular weight excluding hydrogens is 365 g/mol. The number of amides is 1. The molecular formula is C15H22IN3O. The van der Waals surface area contributed by atoms with Crippen LogP contribution in [-0.2, 0) is 4.79 Å². The number of rotatable bonds is 4. The van der Waals surface area contributed by atoms with Gasteiger partial charge in [0.2, 0.25) is 5.91 Å². The second-order valence-electron chi connectivity index (χ2n) is 5.51. The number of likely N-dealkylation sites (N-methyl/N-ethyl adjacent to an activating group) is 1. The molecule has 110 valence electrons. The fourth-order valence-electron chi connectivity index (χ4n) is 2.65. The lowest BCUT2D eigenvalue weighted by Crippen LogP contribution is -2.42. The Bertz CT molecular complexity index is 458. The predicted octanol–water partition coefficient (Wildman–Crippen LogP) is 2.43. The first-order valence-electron chi connectivity index (χ1n) is 7.06. The van der Waals surface area contributed by atoms with Crippen molar-refractivity contribution >= 4 is 34.2 Å². The molecule has 5 heteroatoms. The van der Waals surface area contributed by atoms with Crippen LogP contribution in [-0.4, -0.2) is 36.5 Å². The number of anilines is 1. The Morgan fingerprint density at radius 1 is 1.35 bits per heavy atom. The molecule has 0 aliphatic heterocycles. The standard InChI is InChI=1S/C15H22IN3O/c1-19(12-8-6-11(17)7-9-12)10-15(20)18-14-5-3-2-4-13(14)16/h2-5,11-12H,6-10,17H2,1H3,(H,18,20). The van der Waals surface area contributed by atoms with Gasteiger partial charge < -0.3 is 11.1 Å². The maximum absolute atomic E-state index is 12.1. The van der Waals surface area contributed by atoms with E-state index in [1.54, 1.807) is 0 Å². The molecule has 0 spiro atoms. The average molecular weight is 387 g/mol. The summed E-state index contributed by atoms with van der Waals surface area (Å²) in [5, 5.41) is 2.98. The minimum absolute atomic E-state index is 0.0477. The Balaban J connectivity index is 1.84. The zero-order valence-electron chi connectivity index (χ0n) is 11.8. The van der Waals surface area contributed by atoms with Crippen molar-refractivity contribution in [3.05, 3.63) is 27.8 Å². The average Bonchev–Trinajstić information content (AvgIpc) is 2.42. The number of halogens is 1. The van der Waals surface area contributed by atoms with Crippen LogP contribution in [0, 0.1) is 3.57 Å². The quantitative estimate of drug-likeness (QED) is 0.781. The number of carbonyl (C=O) groups excluding carboxylic acids is 1. The van der Waals surface area contributed by atoms with Gasteiger partial charge in [0.05, 0.1) is 12.2 Å². The van der Waals surface area contributed by atoms with E-state index in [1.165, 1.54) is 0 Å². The fourth-order valence-corrected chi connectivity index (χ4v) is 3.17. The van der Waals surface area contributed by atoms with E-state index in [2.05, 4.69) is 32.8 Å². The molecule has 0 aromatic heterocycles. The van der Waals surface area contributed by atoms with Gasteiger partial charge in [-0.3, -0.25) is 9.69 Å². The summed E-state index contributed by atoms with van der Waals surface area (Å²) in [6.07, 6.45) is 4.31. The van der Waals surface area contributed by atoms with Gasteiger partial charge in [0.25, 0.3) is 0 Å². The zero-order valence-corrected chi connectivity index (χ0v) is 14.0. The van der Waals surface area contributed by atoms with Gasteiger partial charge in [0, 0.05) is 15.7 Å². The topological polar surface area (TPSA) is 58.4 Å². The van der Waals surface area contributed by atoms with E-state index in [1.807, 2.05) is 31.3 Å². The highest BCUT2D eigenvalue weighted by Crippen LogP contribution is 2.21. The molecule has 0 atom stereocenters. The number of para-hydroxylation sites is 1. The van der Waals surface area contributed by atoms with E-state index in [4.69, 9.17) is 5.73 Å². The lowest BCUT2D eigenvalue weighted by Gasteiger charge is -2.33. The van der Waals surface area contributed by atoms with Gasteiger partial charge >= 0.3 is 0 Å². The number of benzene rings is 1. The lowest BCUT2D eigenvalue weighted by atomic mass is 9.91. The number of nitrogens with zero attached hydrogens (tertiary/aromatic N) is 1. The highest BCUT2D eigenvalue weighted by atomic mass is 127. The minimum atomic E-state index is 0.0477. The van der Waals surface area contributed by atoms with Gasteiger partial charge in [0.1, 0.15) is 0 Å². The molecule has 4 nitrogen and oxygen atoms in total. The molecule has 1 aliphatic carbocycles. The Morgan fingerprint density at radius 2 is 2.00 bits per heavy atom. The van der Waals surface area contributed by atoms with Crippen molar-refractivity contribution in [2.24, 2.45) is 5.73 Å². The van der Waals surface area contributed by atoms with Gasteiger partial charge in [-0.15, -0.1) is 0 Å². The third-order valence-corrected chi connectivity index (χ3v) is 4.85. The lowest BCUT2D eigenvalue weighted by molar-refractivity contribution is -0.117. The minimum Gasteiger partial charge on any atom is -0.328 e. The predicted molar refractivity (Wildman–Crippen MR) is 90.7 cm³/mol. The SMILES string of the molecule is CN(CC(=O)Nc1ccccc1I)C1CCC(N)CC1. The fraction of sp³-hybridized carbons (Fsp3) is 0.533. The Morgan fingerprint density at radius 3 is 2.65 bits per heavy atom. The van der Waals surface area contributed by atoms with Crippen LogP contribution in [0.1, 0.15) is 25.7 Å². The summed E-state index contributed by atoms with van der Waals surface area (Å²) in [6.45, 7) is 0.435. The van der Waals surface area contributed by atoms with E-state index < -0.39 is 0 Å². The molecule has 1 aromatic rings. The van der Waals surface area contributed by atoms with Crippen molar-refractivity contribution in [2.45, 2.75) is 37.8 Å². The summed E-state index contributed by atoms with van der Waals surface area (Å²) in [5.41, 5.74) is 6.80. The molecule has 1 saturated carbocycles. The molecule has 20 heavy (non-hydrogen) atoms. The smallest absolute Gasteiger partial charge is 0.238 e. The maximum atomic E-state index is 12.1. The van der Waals surface area contributed by atoms with E-state index in [0.29, 0.717) is 18.6 Å². The van der Waals surface area contributed by atoms with Crippen LogP contribution in [0.4, 0.5) is 5.69 Å². The van der Waals surface area contributed by atoms with E-state index in [9.17, 15) is 4.79 Å². The molecule has 3 N–H and O–H groups in total. The number of hydrogen-bond donors (Lipinski definition) is 2. The Labute approximate surface area is 134 Å². The van der Waals surface area contributed by atoms with Crippen LogP contribution < -0.4 is 11.1 Å². The Hall–Kier alpha value is -0.660. The summed E-state index contributed by atoms with van der Waals surface area (Å²) in [5.74, 6) is 0.0477. The second-order valence-corrected chi connectivity index (χ2v) is 6.67. The first-order valence-corrected chi connectivity index (χ1v) is 8.14. The van der Waals surface area contributed by atoms with Crippen LogP contribution in [0.15, 0.2) is 24.3 Å². The maximum Gasteiger partial charge on any atom is 0.238 e. The van der Waals surface area contributed by atoms with Crippen molar-refractivity contribution < 1.29 is 4.79 Å². The van der Waals surface area contributed by atoms with Crippen molar-refractivity contribution in [1.29, 1.82) is 0 Å². The van der Waals surface area contributed by atoms with E-state index >= 15 is 0 Å². The third-order valence-electron chi connectivity index (χ3n) is 3.91. The number of nitrogens with one attached hydrogen (secondary N) is 1. The van der Waals surface area contributed by atoms with Gasteiger partial charge in [-0.25, -0.2) is 0 Å². The highest BCUT2D eigenvalue weighted by Gasteiger charge is 2.23. The van der Waals surface area contributed by atoms with Gasteiger partial charge in [-0.1, -0.05) is 12.1 Å². The van der Waals surface area contributed by atoms with Crippen LogP contribution >= 0.6 is 22.6 Å². The highest BCUT2D eigenvalue weighted by molar-refractivity contribution is 14.1. The summed E-state index contributed by atoms with van der Waals surface area (Å²) < 4.78 is 1.06. The van der Waals surface area contributed by atoms with Crippen molar-refractivity contribution in [3.63, 3.8) is 0 Å². The summed E-state index contributed by atoms with van der Waals surface area (Å²) >= 11 is 2.23. The van der Waals surface area contributed by atoms with Crippen molar-refractivity contribution in [2.75, 3.05) is 18.9 Å². The normalized spacial score (nSPS) is 22.8. The monoisotopic (exact) mass is 387 g/mol. The van der Waals surface area contributed by atoms with Gasteiger partial charge in [-0.2, -0.15) is 0 Å². The molecule has 0 heterocycles. The molecule has 2 rings (SSSR count). The molecule has 0 bridgehead atoms. The summed E-state index contributed by atoms with van der Waals surface area (Å²) in [7, 11) is 2.02. The van der Waals surface area contributed by atoms with E-state index in [-0.39, 0.29) is 5.91 Å². The molecule has 1 aliphatic rings. The zero-order chi connectivity index (χ0) is 14.5. The molecule has 0 saturated heterocycles. The molecule has 1 fully saturated rings. The van der Waals surface area contributed by atoms with Crippen LogP contribution in [0.2, 0.25) is 0 Å². The second kappa shape index (κ2) is 7.38. The number of carbonyl (C=O) groups is 1. The number of hydrogen-bond acceptors (Lipinski definition) is 3. The van der Waals surface area contributed by atoms with Crippen LogP contribution in [0.25, 0.3) is 0 Å². The summed E-state index contributed by atoms with van der Waals surface area (Å²) in [6, 6.07) is 8.65. The third kappa shape index (κ3) is 4.43. The first-order chi connectivity index (χ1) is 9.56. The first kappa shape index (κ1) is 15.7. The van der Waals surface area contributed by atoms with Crippen molar-refractivity contribution in [1.82, 2.24) is 4.90 Å². The van der Waals surface area contributed by atoms with E-state index in [0.717, 1.165) is 34.9 Å². The number of nitrogens with two attached hydrogens (primary N) is 1. The molecule has 1 aromatic carbocycles. The Kier molecular flexibility index (Phi) is 5.80. The molecule has 1 amide bonds.